The molecule has 172 valence electrons. The third-order valence-corrected chi connectivity index (χ3v) is 10.2. The molecule has 0 aromatic carbocycles. The molecule has 6 heteroatoms. The molecule has 6 nitrogen and oxygen atoms in total. The predicted octanol–water partition coefficient (Wildman–Crippen LogP) is 3.15. The summed E-state index contributed by atoms with van der Waals surface area (Å²) in [6.45, 7) is 6.24. The zero-order chi connectivity index (χ0) is 22.2. The fourth-order valence-electron chi connectivity index (χ4n) is 8.79. The van der Waals surface area contributed by atoms with Crippen LogP contribution in [0.25, 0.3) is 0 Å². The molecule has 2 N–H and O–H groups in total. The second-order valence-corrected chi connectivity index (χ2v) is 11.5. The lowest BCUT2D eigenvalue weighted by Gasteiger charge is -2.63. The summed E-state index contributed by atoms with van der Waals surface area (Å²) in [6, 6.07) is 0. The first kappa shape index (κ1) is 21.4. The van der Waals surface area contributed by atoms with Crippen LogP contribution in [0, 0.1) is 34.5 Å². The fraction of sp³-hybridized carbons (Fsp3) is 0.840. The lowest BCUT2D eigenvalue weighted by atomic mass is 9.43. The number of carbonyl (C=O) groups excluding carboxylic acids is 2. The van der Waals surface area contributed by atoms with E-state index in [1.54, 1.807) is 0 Å². The van der Waals surface area contributed by atoms with E-state index >= 15 is 0 Å². The minimum atomic E-state index is -0.937. The van der Waals surface area contributed by atoms with Crippen molar-refractivity contribution in [1.82, 2.24) is 0 Å². The highest BCUT2D eigenvalue weighted by Crippen LogP contribution is 2.70. The summed E-state index contributed by atoms with van der Waals surface area (Å²) in [5, 5.41) is 23.3. The van der Waals surface area contributed by atoms with Gasteiger partial charge in [-0.25, -0.2) is 4.79 Å². The lowest BCUT2D eigenvalue weighted by Crippen LogP contribution is -2.62. The number of ether oxygens (including phenoxy) is 2. The number of hydrogen-bond acceptors (Lipinski definition) is 6. The van der Waals surface area contributed by atoms with E-state index in [4.69, 9.17) is 9.47 Å². The molecule has 9 atom stereocenters. The Labute approximate surface area is 184 Å². The molecule has 4 fully saturated rings. The molecule has 0 unspecified atom stereocenters. The third-order valence-electron chi connectivity index (χ3n) is 10.2. The number of cyclic esters (lactones) is 1. The van der Waals surface area contributed by atoms with Gasteiger partial charge in [-0.05, 0) is 73.7 Å². The molecule has 0 spiro atoms. The van der Waals surface area contributed by atoms with Crippen LogP contribution in [0.4, 0.5) is 0 Å². The van der Waals surface area contributed by atoms with Crippen molar-refractivity contribution < 1.29 is 29.3 Å². The summed E-state index contributed by atoms with van der Waals surface area (Å²) in [4.78, 5) is 23.2. The topological polar surface area (TPSA) is 93.1 Å². The fourth-order valence-corrected chi connectivity index (χ4v) is 8.79. The van der Waals surface area contributed by atoms with Crippen molar-refractivity contribution in [3.63, 3.8) is 0 Å². The van der Waals surface area contributed by atoms with Crippen LogP contribution in [0.3, 0.4) is 0 Å². The van der Waals surface area contributed by atoms with Gasteiger partial charge >= 0.3 is 11.9 Å². The Morgan fingerprint density at radius 2 is 1.94 bits per heavy atom. The molecule has 1 aliphatic heterocycles. The van der Waals surface area contributed by atoms with Crippen LogP contribution in [0.5, 0.6) is 0 Å². The highest BCUT2D eigenvalue weighted by Gasteiger charge is 2.70. The smallest absolute Gasteiger partial charge is 0.331 e. The van der Waals surface area contributed by atoms with Gasteiger partial charge in [0.05, 0.1) is 11.7 Å². The molecular formula is C25H36O6. The van der Waals surface area contributed by atoms with Gasteiger partial charge in [0.15, 0.2) is 0 Å². The molecule has 0 saturated heterocycles. The molecule has 31 heavy (non-hydrogen) atoms. The van der Waals surface area contributed by atoms with E-state index < -0.39 is 17.1 Å². The van der Waals surface area contributed by atoms with Crippen molar-refractivity contribution in [2.75, 3.05) is 6.61 Å². The summed E-state index contributed by atoms with van der Waals surface area (Å²) in [5.41, 5.74) is -0.416. The van der Waals surface area contributed by atoms with Gasteiger partial charge in [-0.15, -0.1) is 0 Å². The monoisotopic (exact) mass is 432 g/mol. The van der Waals surface area contributed by atoms with Crippen molar-refractivity contribution in [3.05, 3.63) is 11.6 Å². The Kier molecular flexibility index (Phi) is 4.88. The molecule has 0 aromatic rings. The highest BCUT2D eigenvalue weighted by atomic mass is 16.5. The summed E-state index contributed by atoms with van der Waals surface area (Å²) in [6.07, 6.45) is 7.94. The Balaban J connectivity index is 1.43. The van der Waals surface area contributed by atoms with E-state index in [0.717, 1.165) is 50.5 Å². The van der Waals surface area contributed by atoms with Crippen molar-refractivity contribution in [2.45, 2.75) is 89.9 Å². The van der Waals surface area contributed by atoms with E-state index in [1.807, 2.05) is 0 Å². The highest BCUT2D eigenvalue weighted by molar-refractivity contribution is 5.85. The zero-order valence-corrected chi connectivity index (χ0v) is 18.9. The maximum atomic E-state index is 12.2. The summed E-state index contributed by atoms with van der Waals surface area (Å²) < 4.78 is 10.7. The van der Waals surface area contributed by atoms with Crippen molar-refractivity contribution in [1.29, 1.82) is 0 Å². The van der Waals surface area contributed by atoms with Crippen LogP contribution in [0.15, 0.2) is 11.6 Å². The summed E-state index contributed by atoms with van der Waals surface area (Å²) in [5.74, 6) is 0.299. The molecule has 4 aliphatic carbocycles. The number of esters is 2. The quantitative estimate of drug-likeness (QED) is 0.651. The number of aliphatic hydroxyl groups is 2. The molecule has 0 radical (unpaired) electrons. The summed E-state index contributed by atoms with van der Waals surface area (Å²) in [7, 11) is 0. The van der Waals surface area contributed by atoms with Crippen LogP contribution in [-0.2, 0) is 19.1 Å². The maximum Gasteiger partial charge on any atom is 0.331 e. The molecule has 4 saturated carbocycles. The van der Waals surface area contributed by atoms with Crippen LogP contribution < -0.4 is 0 Å². The normalized spacial score (nSPS) is 51.3. The molecular weight excluding hydrogens is 396 g/mol. The largest absolute Gasteiger partial charge is 0.463 e. The minimum Gasteiger partial charge on any atom is -0.463 e. The lowest BCUT2D eigenvalue weighted by molar-refractivity contribution is -0.210. The second kappa shape index (κ2) is 7.05. The maximum absolute atomic E-state index is 12.2. The van der Waals surface area contributed by atoms with Gasteiger partial charge in [-0.1, -0.05) is 13.8 Å². The Hall–Kier alpha value is -1.40. The average molecular weight is 433 g/mol. The summed E-state index contributed by atoms with van der Waals surface area (Å²) >= 11 is 0. The van der Waals surface area contributed by atoms with Gasteiger partial charge < -0.3 is 19.7 Å². The molecule has 5 rings (SSSR count). The minimum absolute atomic E-state index is 0.0218. The Morgan fingerprint density at radius 1 is 1.16 bits per heavy atom. The molecule has 0 bridgehead atoms. The first-order chi connectivity index (χ1) is 14.6. The van der Waals surface area contributed by atoms with Crippen LogP contribution >= 0.6 is 0 Å². The number of hydrogen-bond donors (Lipinski definition) is 2. The van der Waals surface area contributed by atoms with E-state index in [-0.39, 0.29) is 41.9 Å². The number of rotatable bonds is 2. The molecule has 0 aromatic heterocycles. The number of aliphatic hydroxyl groups excluding tert-OH is 1. The van der Waals surface area contributed by atoms with Crippen LogP contribution in [-0.4, -0.2) is 46.6 Å². The van der Waals surface area contributed by atoms with E-state index in [2.05, 4.69) is 13.8 Å². The van der Waals surface area contributed by atoms with Crippen LogP contribution in [0.1, 0.15) is 72.1 Å². The molecule has 0 amide bonds. The van der Waals surface area contributed by atoms with Crippen LogP contribution in [0.2, 0.25) is 0 Å². The van der Waals surface area contributed by atoms with E-state index in [9.17, 15) is 19.8 Å². The van der Waals surface area contributed by atoms with Gasteiger partial charge in [0, 0.05) is 30.8 Å². The standard InChI is InChI=1S/C25H36O6/c1-14(26)31-17-6-8-23(2)16(11-17)4-5-19-18(23)7-9-24(3)22(15-10-21(28)30-13-15)20(27)12-25(19,24)29/h10,16-20,22,27,29H,4-9,11-13H2,1-3H3/t16-,17+,18-,19-,20+,22+,23+,24-,25+/m1/s1. The van der Waals surface area contributed by atoms with E-state index in [1.165, 1.54) is 13.0 Å². The van der Waals surface area contributed by atoms with Gasteiger partial charge in [0.2, 0.25) is 0 Å². The van der Waals surface area contributed by atoms with Crippen molar-refractivity contribution >= 4 is 11.9 Å². The number of carbonyl (C=O) groups is 2. The first-order valence-corrected chi connectivity index (χ1v) is 12.0. The van der Waals surface area contributed by atoms with Gasteiger partial charge in [0.25, 0.3) is 0 Å². The third kappa shape index (κ3) is 2.97. The van der Waals surface area contributed by atoms with Crippen molar-refractivity contribution in [2.24, 2.45) is 34.5 Å². The SMILES string of the molecule is CC(=O)O[C@H]1CC[C@@]2(C)[C@H](CC[C@@H]3[C@H]2CC[C@]2(C)[C@@H](C4=CC(=O)OC4)[C@@H](O)C[C@]32O)C1. The van der Waals surface area contributed by atoms with Gasteiger partial charge in [-0.2, -0.15) is 0 Å². The Morgan fingerprint density at radius 3 is 2.61 bits per heavy atom. The Bertz CT molecular complexity index is 821. The predicted molar refractivity (Wildman–Crippen MR) is 113 cm³/mol. The molecule has 5 aliphatic rings. The van der Waals surface area contributed by atoms with E-state index in [0.29, 0.717) is 18.3 Å². The number of fused-ring (bicyclic) bond motifs is 5. The molecule has 1 heterocycles. The first-order valence-electron chi connectivity index (χ1n) is 12.0. The zero-order valence-electron chi connectivity index (χ0n) is 18.9. The average Bonchev–Trinajstić information content (AvgIpc) is 3.18. The van der Waals surface area contributed by atoms with Gasteiger partial charge in [0.1, 0.15) is 12.7 Å². The second-order valence-electron chi connectivity index (χ2n) is 11.5. The van der Waals surface area contributed by atoms with Gasteiger partial charge in [-0.3, -0.25) is 4.79 Å². The van der Waals surface area contributed by atoms with Crippen molar-refractivity contribution in [3.8, 4) is 0 Å².